The number of nitrogens with zero attached hydrogens (tertiary/aromatic N) is 1. The lowest BCUT2D eigenvalue weighted by atomic mass is 10.1. The van der Waals surface area contributed by atoms with Gasteiger partial charge in [0.05, 0.1) is 18.8 Å². The van der Waals surface area contributed by atoms with E-state index in [1.54, 1.807) is 4.90 Å². The molecule has 0 aromatic heterocycles. The Hall–Kier alpha value is -0.820. The molecule has 4 nitrogen and oxygen atoms in total. The van der Waals surface area contributed by atoms with Crippen LogP contribution in [0.2, 0.25) is 0 Å². The Balaban J connectivity index is 2.40. The molecule has 1 saturated heterocycles. The molecule has 2 atom stereocenters. The molecule has 1 rings (SSSR count). The maximum absolute atomic E-state index is 12.2. The predicted octanol–water partition coefficient (Wildman–Crippen LogP) is 2.29. The average Bonchev–Trinajstić information content (AvgIpc) is 2.67. The first-order chi connectivity index (χ1) is 9.39. The molecule has 20 heavy (non-hydrogen) atoms. The molecule has 1 amide bonds. The van der Waals surface area contributed by atoms with Crippen molar-refractivity contribution < 1.29 is 22.7 Å². The molecular formula is C13H23F3N2O2. The Labute approximate surface area is 117 Å². The monoisotopic (exact) mass is 296 g/mol. The fraction of sp³-hybridized carbons (Fsp3) is 0.923. The van der Waals surface area contributed by atoms with Crippen LogP contribution in [0.15, 0.2) is 0 Å². The van der Waals surface area contributed by atoms with Crippen LogP contribution in [0.3, 0.4) is 0 Å². The van der Waals surface area contributed by atoms with Gasteiger partial charge in [-0.25, -0.2) is 0 Å². The summed E-state index contributed by atoms with van der Waals surface area (Å²) in [5.74, 6) is -0.0269. The SMILES string of the molecule is CCCCC1NC(CC)N(CCOCC(F)(F)F)C1=O. The van der Waals surface area contributed by atoms with Crippen molar-refractivity contribution in [2.45, 2.75) is 57.9 Å². The normalized spacial score (nSPS) is 23.6. The molecule has 1 aliphatic heterocycles. The van der Waals surface area contributed by atoms with Crippen molar-refractivity contribution in [3.05, 3.63) is 0 Å². The summed E-state index contributed by atoms with van der Waals surface area (Å²) in [5, 5.41) is 3.23. The molecule has 0 spiro atoms. The molecule has 1 aliphatic rings. The smallest absolute Gasteiger partial charge is 0.370 e. The predicted molar refractivity (Wildman–Crippen MR) is 69.1 cm³/mol. The molecule has 0 radical (unpaired) electrons. The molecule has 118 valence electrons. The number of carbonyl (C=O) groups is 1. The molecule has 0 aliphatic carbocycles. The van der Waals surface area contributed by atoms with Crippen molar-refractivity contribution in [1.29, 1.82) is 0 Å². The Kier molecular flexibility index (Phi) is 6.75. The topological polar surface area (TPSA) is 41.6 Å². The van der Waals surface area contributed by atoms with Crippen LogP contribution in [0.1, 0.15) is 39.5 Å². The van der Waals surface area contributed by atoms with Gasteiger partial charge in [-0.3, -0.25) is 10.1 Å². The first-order valence-corrected chi connectivity index (χ1v) is 7.10. The van der Waals surface area contributed by atoms with Crippen molar-refractivity contribution in [3.63, 3.8) is 0 Å². The molecule has 1 fully saturated rings. The minimum Gasteiger partial charge on any atom is -0.370 e. The Morgan fingerprint density at radius 2 is 2.05 bits per heavy atom. The van der Waals surface area contributed by atoms with Gasteiger partial charge < -0.3 is 9.64 Å². The standard InChI is InChI=1S/C13H23F3N2O2/c1-3-5-6-10-12(19)18(11(4-2)17-10)7-8-20-9-13(14,15)16/h10-11,17H,3-9H2,1-2H3. The quantitative estimate of drug-likeness (QED) is 0.699. The maximum Gasteiger partial charge on any atom is 0.411 e. The summed E-state index contributed by atoms with van der Waals surface area (Å²) < 4.78 is 40.4. The first kappa shape index (κ1) is 17.2. The lowest BCUT2D eigenvalue weighted by Gasteiger charge is -2.23. The molecular weight excluding hydrogens is 273 g/mol. The molecule has 7 heteroatoms. The van der Waals surface area contributed by atoms with E-state index in [-0.39, 0.29) is 31.3 Å². The zero-order chi connectivity index (χ0) is 15.2. The van der Waals surface area contributed by atoms with Gasteiger partial charge in [0.25, 0.3) is 0 Å². The van der Waals surface area contributed by atoms with Crippen molar-refractivity contribution in [3.8, 4) is 0 Å². The number of halogens is 3. The van der Waals surface area contributed by atoms with Gasteiger partial charge in [-0.2, -0.15) is 13.2 Å². The van der Waals surface area contributed by atoms with Crippen molar-refractivity contribution in [2.24, 2.45) is 0 Å². The summed E-state index contributed by atoms with van der Waals surface area (Å²) in [6.45, 7) is 2.84. The van der Waals surface area contributed by atoms with E-state index in [2.05, 4.69) is 17.0 Å². The zero-order valence-electron chi connectivity index (χ0n) is 12.0. The lowest BCUT2D eigenvalue weighted by Crippen LogP contribution is -2.39. The van der Waals surface area contributed by atoms with Crippen LogP contribution < -0.4 is 5.32 Å². The van der Waals surface area contributed by atoms with E-state index in [0.717, 1.165) is 25.7 Å². The van der Waals surface area contributed by atoms with Crippen molar-refractivity contribution >= 4 is 5.91 Å². The van der Waals surface area contributed by atoms with Crippen LogP contribution in [-0.4, -0.2) is 48.9 Å². The van der Waals surface area contributed by atoms with Gasteiger partial charge in [-0.05, 0) is 12.8 Å². The van der Waals surface area contributed by atoms with E-state index in [1.165, 1.54) is 0 Å². The number of hydrogen-bond acceptors (Lipinski definition) is 3. The summed E-state index contributed by atoms with van der Waals surface area (Å²) in [5.41, 5.74) is 0. The highest BCUT2D eigenvalue weighted by Crippen LogP contribution is 2.18. The zero-order valence-corrected chi connectivity index (χ0v) is 12.0. The Morgan fingerprint density at radius 3 is 2.60 bits per heavy atom. The molecule has 1 N–H and O–H groups in total. The minimum absolute atomic E-state index is 0.0269. The summed E-state index contributed by atoms with van der Waals surface area (Å²) in [7, 11) is 0. The van der Waals surface area contributed by atoms with Gasteiger partial charge in [0.1, 0.15) is 6.61 Å². The molecule has 0 aromatic carbocycles. The largest absolute Gasteiger partial charge is 0.411 e. The molecule has 0 saturated carbocycles. The molecule has 0 aromatic rings. The van der Waals surface area contributed by atoms with Gasteiger partial charge >= 0.3 is 6.18 Å². The Morgan fingerprint density at radius 1 is 1.35 bits per heavy atom. The number of unbranched alkanes of at least 4 members (excludes halogenated alkanes) is 1. The van der Waals surface area contributed by atoms with E-state index in [4.69, 9.17) is 0 Å². The number of ether oxygens (including phenoxy) is 1. The molecule has 1 heterocycles. The van der Waals surface area contributed by atoms with Gasteiger partial charge in [-0.15, -0.1) is 0 Å². The molecule has 0 bridgehead atoms. The van der Waals surface area contributed by atoms with Crippen LogP contribution in [0.5, 0.6) is 0 Å². The second-order valence-electron chi connectivity index (χ2n) is 4.98. The third-order valence-electron chi connectivity index (χ3n) is 3.33. The Bertz CT molecular complexity index is 310. The summed E-state index contributed by atoms with van der Waals surface area (Å²) in [6, 6.07) is -0.206. The van der Waals surface area contributed by atoms with E-state index in [0.29, 0.717) is 0 Å². The average molecular weight is 296 g/mol. The van der Waals surface area contributed by atoms with E-state index in [9.17, 15) is 18.0 Å². The second-order valence-corrected chi connectivity index (χ2v) is 4.98. The van der Waals surface area contributed by atoms with Crippen molar-refractivity contribution in [1.82, 2.24) is 10.2 Å². The molecule has 2 unspecified atom stereocenters. The van der Waals surface area contributed by atoms with Crippen LogP contribution in [0.4, 0.5) is 13.2 Å². The van der Waals surface area contributed by atoms with Gasteiger partial charge in [0.2, 0.25) is 5.91 Å². The van der Waals surface area contributed by atoms with E-state index >= 15 is 0 Å². The van der Waals surface area contributed by atoms with Gasteiger partial charge in [0, 0.05) is 6.54 Å². The number of nitrogens with one attached hydrogen (secondary N) is 1. The van der Waals surface area contributed by atoms with Gasteiger partial charge in [0.15, 0.2) is 0 Å². The highest BCUT2D eigenvalue weighted by atomic mass is 19.4. The number of amides is 1. The fourth-order valence-corrected chi connectivity index (χ4v) is 2.32. The number of rotatable bonds is 8. The lowest BCUT2D eigenvalue weighted by molar-refractivity contribution is -0.175. The maximum atomic E-state index is 12.2. The number of hydrogen-bond donors (Lipinski definition) is 1. The first-order valence-electron chi connectivity index (χ1n) is 7.10. The summed E-state index contributed by atoms with van der Waals surface area (Å²) in [6.07, 6.45) is -0.950. The third kappa shape index (κ3) is 5.28. The second kappa shape index (κ2) is 7.83. The number of carbonyl (C=O) groups excluding carboxylic acids is 1. The van der Waals surface area contributed by atoms with Crippen LogP contribution >= 0.6 is 0 Å². The van der Waals surface area contributed by atoms with Crippen LogP contribution in [0, 0.1) is 0 Å². The van der Waals surface area contributed by atoms with Gasteiger partial charge in [-0.1, -0.05) is 26.7 Å². The van der Waals surface area contributed by atoms with Crippen LogP contribution in [-0.2, 0) is 9.53 Å². The highest BCUT2D eigenvalue weighted by Gasteiger charge is 2.37. The third-order valence-corrected chi connectivity index (χ3v) is 3.33. The fourth-order valence-electron chi connectivity index (χ4n) is 2.32. The van der Waals surface area contributed by atoms with E-state index < -0.39 is 12.8 Å². The van der Waals surface area contributed by atoms with E-state index in [1.807, 2.05) is 6.92 Å². The summed E-state index contributed by atoms with van der Waals surface area (Å²) in [4.78, 5) is 13.8. The minimum atomic E-state index is -4.32. The number of alkyl halides is 3. The van der Waals surface area contributed by atoms with Crippen molar-refractivity contribution in [2.75, 3.05) is 19.8 Å². The summed E-state index contributed by atoms with van der Waals surface area (Å²) >= 11 is 0. The highest BCUT2D eigenvalue weighted by molar-refractivity contribution is 5.84. The van der Waals surface area contributed by atoms with Crippen LogP contribution in [0.25, 0.3) is 0 Å².